The number of benzene rings is 1. The predicted octanol–water partition coefficient (Wildman–Crippen LogP) is 3.55. The van der Waals surface area contributed by atoms with E-state index in [4.69, 9.17) is 4.74 Å². The van der Waals surface area contributed by atoms with Crippen molar-refractivity contribution in [3.63, 3.8) is 0 Å². The first-order valence-corrected chi connectivity index (χ1v) is 9.80. The first kappa shape index (κ1) is 16.4. The van der Waals surface area contributed by atoms with Gasteiger partial charge in [-0.3, -0.25) is 14.2 Å². The van der Waals surface area contributed by atoms with Gasteiger partial charge in [0.25, 0.3) is 5.56 Å². The summed E-state index contributed by atoms with van der Waals surface area (Å²) in [6.07, 6.45) is 0.654. The van der Waals surface area contributed by atoms with Crippen molar-refractivity contribution in [2.45, 2.75) is 30.3 Å². The van der Waals surface area contributed by atoms with Gasteiger partial charge in [0.2, 0.25) is 0 Å². The van der Waals surface area contributed by atoms with E-state index in [0.717, 1.165) is 10.4 Å². The average molecular weight is 372 g/mol. The van der Waals surface area contributed by atoms with E-state index in [1.54, 1.807) is 4.57 Å². The van der Waals surface area contributed by atoms with E-state index < -0.39 is 0 Å². The second kappa shape index (κ2) is 6.65. The van der Waals surface area contributed by atoms with Gasteiger partial charge in [-0.05, 0) is 18.6 Å². The number of thiophene rings is 1. The maximum Gasteiger partial charge on any atom is 0.319 e. The van der Waals surface area contributed by atoms with Gasteiger partial charge in [0.1, 0.15) is 10.1 Å². The molecule has 0 radical (unpaired) electrons. The van der Waals surface area contributed by atoms with Gasteiger partial charge in [0, 0.05) is 17.8 Å². The number of nitrogens with zero attached hydrogens (tertiary/aromatic N) is 2. The maximum atomic E-state index is 12.9. The summed E-state index contributed by atoms with van der Waals surface area (Å²) in [6, 6.07) is 11.9. The third-order valence-corrected chi connectivity index (χ3v) is 6.44. The molecule has 0 spiro atoms. The van der Waals surface area contributed by atoms with Crippen molar-refractivity contribution < 1.29 is 9.53 Å². The lowest BCUT2D eigenvalue weighted by atomic mass is 10.2. The van der Waals surface area contributed by atoms with Gasteiger partial charge in [0.05, 0.1) is 12.0 Å². The Labute approximate surface area is 152 Å². The molecule has 1 saturated heterocycles. The molecule has 1 fully saturated rings. The molecule has 3 heterocycles. The number of thioether (sulfide) groups is 1. The van der Waals surface area contributed by atoms with Gasteiger partial charge >= 0.3 is 5.97 Å². The Kier molecular flexibility index (Phi) is 4.35. The molecule has 5 nitrogen and oxygen atoms in total. The van der Waals surface area contributed by atoms with Crippen molar-refractivity contribution in [1.82, 2.24) is 9.55 Å². The zero-order chi connectivity index (χ0) is 17.4. The van der Waals surface area contributed by atoms with Gasteiger partial charge < -0.3 is 4.74 Å². The second-order valence-electron chi connectivity index (χ2n) is 5.70. The van der Waals surface area contributed by atoms with Crippen LogP contribution in [0.1, 0.15) is 13.3 Å². The number of carbonyl (C=O) groups is 1. The Bertz CT molecular complexity index is 995. The number of cyclic esters (lactones) is 1. The monoisotopic (exact) mass is 372 g/mol. The van der Waals surface area contributed by atoms with Gasteiger partial charge in [-0.15, -0.1) is 11.3 Å². The normalized spacial score (nSPS) is 17.2. The number of hydrogen-bond acceptors (Lipinski definition) is 6. The lowest BCUT2D eigenvalue weighted by molar-refractivity contribution is -0.137. The van der Waals surface area contributed by atoms with Crippen LogP contribution in [0.15, 0.2) is 46.3 Å². The molecule has 0 N–H and O–H groups in total. The Hall–Kier alpha value is -2.12. The van der Waals surface area contributed by atoms with E-state index in [9.17, 15) is 9.59 Å². The van der Waals surface area contributed by atoms with Crippen LogP contribution in [0, 0.1) is 0 Å². The molecular formula is C18H16N2O3S2. The average Bonchev–Trinajstić information content (AvgIpc) is 3.23. The smallest absolute Gasteiger partial charge is 0.319 e. The van der Waals surface area contributed by atoms with Gasteiger partial charge in [0.15, 0.2) is 5.16 Å². The number of ether oxygens (including phenoxy) is 1. The van der Waals surface area contributed by atoms with Crippen molar-refractivity contribution in [2.24, 2.45) is 0 Å². The summed E-state index contributed by atoms with van der Waals surface area (Å²) < 4.78 is 6.66. The van der Waals surface area contributed by atoms with E-state index in [1.807, 2.05) is 43.3 Å². The van der Waals surface area contributed by atoms with Crippen LogP contribution in [0.3, 0.4) is 0 Å². The van der Waals surface area contributed by atoms with Crippen molar-refractivity contribution in [3.8, 4) is 10.4 Å². The van der Waals surface area contributed by atoms with Crippen molar-refractivity contribution >= 4 is 39.3 Å². The zero-order valence-electron chi connectivity index (χ0n) is 13.6. The van der Waals surface area contributed by atoms with E-state index in [0.29, 0.717) is 34.9 Å². The summed E-state index contributed by atoms with van der Waals surface area (Å²) in [4.78, 5) is 31.1. The maximum absolute atomic E-state index is 12.9. The summed E-state index contributed by atoms with van der Waals surface area (Å²) in [5, 5.41) is 0.935. The largest absolute Gasteiger partial charge is 0.465 e. The van der Waals surface area contributed by atoms with Crippen LogP contribution in [-0.4, -0.2) is 27.4 Å². The highest BCUT2D eigenvalue weighted by Gasteiger charge is 2.29. The fourth-order valence-corrected chi connectivity index (χ4v) is 5.02. The lowest BCUT2D eigenvalue weighted by Gasteiger charge is -2.11. The molecule has 1 atom stereocenters. The lowest BCUT2D eigenvalue weighted by Crippen LogP contribution is -2.23. The number of carbonyl (C=O) groups excluding carboxylic acids is 1. The standard InChI is InChI=1S/C18H16N2O3S2/c1-2-20-16(21)12-10-14(11-6-4-3-5-7-11)24-15(12)19-18(20)25-13-8-9-23-17(13)22/h3-7,10,13H,2,8-9H2,1H3. The summed E-state index contributed by atoms with van der Waals surface area (Å²) in [5.41, 5.74) is 1.02. The predicted molar refractivity (Wildman–Crippen MR) is 100 cm³/mol. The molecule has 1 unspecified atom stereocenters. The van der Waals surface area contributed by atoms with E-state index in [2.05, 4.69) is 4.98 Å². The molecule has 25 heavy (non-hydrogen) atoms. The fourth-order valence-electron chi connectivity index (χ4n) is 2.82. The number of fused-ring (bicyclic) bond motifs is 1. The van der Waals surface area contributed by atoms with Crippen molar-refractivity contribution in [3.05, 3.63) is 46.8 Å². The Morgan fingerprint density at radius 1 is 1.32 bits per heavy atom. The molecular weight excluding hydrogens is 356 g/mol. The van der Waals surface area contributed by atoms with E-state index >= 15 is 0 Å². The van der Waals surface area contributed by atoms with Gasteiger partial charge in [-0.2, -0.15) is 0 Å². The highest BCUT2D eigenvalue weighted by atomic mass is 32.2. The molecule has 1 aliphatic rings. The first-order valence-electron chi connectivity index (χ1n) is 8.10. The molecule has 0 saturated carbocycles. The minimum absolute atomic E-state index is 0.0557. The number of aromatic nitrogens is 2. The highest BCUT2D eigenvalue weighted by Crippen LogP contribution is 2.34. The SMILES string of the molecule is CCn1c(SC2CCOC2=O)nc2sc(-c3ccccc3)cc2c1=O. The van der Waals surface area contributed by atoms with Crippen LogP contribution in [0.5, 0.6) is 0 Å². The van der Waals surface area contributed by atoms with Crippen LogP contribution in [-0.2, 0) is 16.1 Å². The summed E-state index contributed by atoms with van der Waals surface area (Å²) in [5.74, 6) is -0.224. The van der Waals surface area contributed by atoms with E-state index in [-0.39, 0.29) is 16.8 Å². The minimum Gasteiger partial charge on any atom is -0.465 e. The number of esters is 1. The van der Waals surface area contributed by atoms with E-state index in [1.165, 1.54) is 23.1 Å². The second-order valence-corrected chi connectivity index (χ2v) is 7.90. The molecule has 0 amide bonds. The molecule has 4 rings (SSSR count). The van der Waals surface area contributed by atoms with Crippen LogP contribution in [0.25, 0.3) is 20.7 Å². The van der Waals surface area contributed by atoms with Crippen LogP contribution >= 0.6 is 23.1 Å². The van der Waals surface area contributed by atoms with Crippen LogP contribution < -0.4 is 5.56 Å². The minimum atomic E-state index is -0.282. The van der Waals surface area contributed by atoms with Crippen molar-refractivity contribution in [1.29, 1.82) is 0 Å². The summed E-state index contributed by atoms with van der Waals surface area (Å²) in [6.45, 7) is 2.87. The highest BCUT2D eigenvalue weighted by molar-refractivity contribution is 8.00. The Balaban J connectivity index is 1.81. The molecule has 0 aliphatic carbocycles. The third-order valence-electron chi connectivity index (χ3n) is 4.13. The topological polar surface area (TPSA) is 61.2 Å². The molecule has 2 aromatic heterocycles. The van der Waals surface area contributed by atoms with Crippen molar-refractivity contribution in [2.75, 3.05) is 6.61 Å². The zero-order valence-corrected chi connectivity index (χ0v) is 15.2. The summed E-state index contributed by atoms with van der Waals surface area (Å²) in [7, 11) is 0. The molecule has 128 valence electrons. The summed E-state index contributed by atoms with van der Waals surface area (Å²) >= 11 is 2.83. The van der Waals surface area contributed by atoms with Crippen LogP contribution in [0.4, 0.5) is 0 Å². The number of rotatable bonds is 4. The molecule has 1 aliphatic heterocycles. The Morgan fingerprint density at radius 2 is 2.12 bits per heavy atom. The fraction of sp³-hybridized carbons (Fsp3) is 0.278. The molecule has 0 bridgehead atoms. The third kappa shape index (κ3) is 2.98. The first-order chi connectivity index (χ1) is 12.2. The number of hydrogen-bond donors (Lipinski definition) is 0. The molecule has 1 aromatic carbocycles. The molecule has 3 aromatic rings. The quantitative estimate of drug-likeness (QED) is 0.518. The Morgan fingerprint density at radius 3 is 2.80 bits per heavy atom. The van der Waals surface area contributed by atoms with Crippen LogP contribution in [0.2, 0.25) is 0 Å². The van der Waals surface area contributed by atoms with Gasteiger partial charge in [-0.25, -0.2) is 4.98 Å². The molecule has 7 heteroatoms. The van der Waals surface area contributed by atoms with Gasteiger partial charge in [-0.1, -0.05) is 42.1 Å².